The molecule has 0 radical (unpaired) electrons. The molecule has 0 aromatic rings. The number of rotatable bonds is 0. The summed E-state index contributed by atoms with van der Waals surface area (Å²) >= 11 is 3.05. The van der Waals surface area contributed by atoms with Gasteiger partial charge in [0, 0.05) is 10.6 Å². The second-order valence-corrected chi connectivity index (χ2v) is 2.70. The number of amides is 2. The summed E-state index contributed by atoms with van der Waals surface area (Å²) < 4.78 is 0.635. The molecule has 1 rings (SSSR count). The van der Waals surface area contributed by atoms with Crippen LogP contribution in [0, 0.1) is 0 Å². The van der Waals surface area contributed by atoms with E-state index in [9.17, 15) is 9.59 Å². The fraction of sp³-hybridized carbons (Fsp3) is 0.200. The van der Waals surface area contributed by atoms with Crippen LogP contribution < -0.4 is 5.32 Å². The van der Waals surface area contributed by atoms with Gasteiger partial charge in [-0.25, -0.2) is 0 Å². The van der Waals surface area contributed by atoms with Crippen molar-refractivity contribution in [1.29, 1.82) is 0 Å². The predicted molar refractivity (Wildman–Crippen MR) is 34.8 cm³/mol. The molecule has 0 aromatic carbocycles. The third-order valence-corrected chi connectivity index (χ3v) is 1.39. The van der Waals surface area contributed by atoms with Crippen LogP contribution in [0.2, 0.25) is 0 Å². The number of hydrogen-bond donors (Lipinski definition) is 1. The van der Waals surface area contributed by atoms with Crippen molar-refractivity contribution in [3.05, 3.63) is 10.6 Å². The van der Waals surface area contributed by atoms with E-state index in [4.69, 9.17) is 0 Å². The van der Waals surface area contributed by atoms with Gasteiger partial charge in [0.25, 0.3) is 5.91 Å². The summed E-state index contributed by atoms with van der Waals surface area (Å²) in [6, 6.07) is 0. The first kappa shape index (κ1) is 6.48. The molecular weight excluding hydrogens is 186 g/mol. The van der Waals surface area contributed by atoms with Gasteiger partial charge < -0.3 is 0 Å². The Morgan fingerprint density at radius 2 is 2.22 bits per heavy atom. The third-order valence-electron chi connectivity index (χ3n) is 0.880. The van der Waals surface area contributed by atoms with Gasteiger partial charge in [-0.2, -0.15) is 0 Å². The Hall–Kier alpha value is -0.640. The van der Waals surface area contributed by atoms with E-state index in [1.54, 1.807) is 0 Å². The second-order valence-electron chi connectivity index (χ2n) is 1.68. The van der Waals surface area contributed by atoms with Gasteiger partial charge in [-0.05, 0) is 0 Å². The second kappa shape index (κ2) is 2.31. The Morgan fingerprint density at radius 3 is 2.67 bits per heavy atom. The Labute approximate surface area is 60.2 Å². The van der Waals surface area contributed by atoms with Gasteiger partial charge in [-0.3, -0.25) is 14.9 Å². The van der Waals surface area contributed by atoms with Crippen LogP contribution in [-0.2, 0) is 9.59 Å². The third kappa shape index (κ3) is 1.64. The minimum Gasteiger partial charge on any atom is -0.293 e. The number of carbonyl (C=O) groups excluding carboxylic acids is 2. The summed E-state index contributed by atoms with van der Waals surface area (Å²) in [6.07, 6.45) is 1.62. The SMILES string of the molecule is O=C1C=C(Br)CC(=O)N1. The summed E-state index contributed by atoms with van der Waals surface area (Å²) in [7, 11) is 0. The van der Waals surface area contributed by atoms with Crippen molar-refractivity contribution < 1.29 is 9.59 Å². The highest BCUT2D eigenvalue weighted by atomic mass is 79.9. The zero-order valence-electron chi connectivity index (χ0n) is 4.48. The molecule has 0 saturated carbocycles. The van der Waals surface area contributed by atoms with Crippen molar-refractivity contribution in [2.75, 3.05) is 0 Å². The van der Waals surface area contributed by atoms with Crippen molar-refractivity contribution in [1.82, 2.24) is 5.32 Å². The first-order valence-electron chi connectivity index (χ1n) is 2.38. The lowest BCUT2D eigenvalue weighted by Gasteiger charge is -2.05. The lowest BCUT2D eigenvalue weighted by Crippen LogP contribution is -2.31. The highest BCUT2D eigenvalue weighted by Crippen LogP contribution is 2.12. The quantitative estimate of drug-likeness (QED) is 0.558. The van der Waals surface area contributed by atoms with Crippen molar-refractivity contribution in [3.8, 4) is 0 Å². The Kier molecular flexibility index (Phi) is 1.66. The molecule has 2 amide bonds. The van der Waals surface area contributed by atoms with E-state index < -0.39 is 0 Å². The monoisotopic (exact) mass is 189 g/mol. The molecule has 48 valence electrons. The summed E-state index contributed by atoms with van der Waals surface area (Å²) in [5.41, 5.74) is 0. The molecule has 0 saturated heterocycles. The number of halogens is 1. The van der Waals surface area contributed by atoms with E-state index in [0.717, 1.165) is 0 Å². The molecule has 0 aliphatic carbocycles. The zero-order chi connectivity index (χ0) is 6.85. The maximum atomic E-state index is 10.5. The van der Waals surface area contributed by atoms with Gasteiger partial charge in [0.1, 0.15) is 0 Å². The topological polar surface area (TPSA) is 46.2 Å². The van der Waals surface area contributed by atoms with E-state index in [2.05, 4.69) is 21.2 Å². The van der Waals surface area contributed by atoms with Crippen LogP contribution in [-0.4, -0.2) is 11.8 Å². The van der Waals surface area contributed by atoms with Crippen LogP contribution in [0.25, 0.3) is 0 Å². The van der Waals surface area contributed by atoms with E-state index in [1.165, 1.54) is 6.08 Å². The lowest BCUT2D eigenvalue weighted by molar-refractivity contribution is -0.128. The van der Waals surface area contributed by atoms with Crippen molar-refractivity contribution in [2.24, 2.45) is 0 Å². The molecule has 0 fully saturated rings. The molecular formula is C5H4BrNO2. The molecule has 1 aliphatic heterocycles. The van der Waals surface area contributed by atoms with Crippen molar-refractivity contribution in [3.63, 3.8) is 0 Å². The average Bonchev–Trinajstić information content (AvgIpc) is 1.59. The van der Waals surface area contributed by atoms with Gasteiger partial charge in [0.2, 0.25) is 5.91 Å². The Morgan fingerprint density at radius 1 is 1.56 bits per heavy atom. The highest BCUT2D eigenvalue weighted by Gasteiger charge is 2.13. The van der Waals surface area contributed by atoms with Gasteiger partial charge >= 0.3 is 0 Å². The zero-order valence-corrected chi connectivity index (χ0v) is 6.06. The number of hydrogen-bond acceptors (Lipinski definition) is 2. The van der Waals surface area contributed by atoms with E-state index in [0.29, 0.717) is 4.48 Å². The first-order valence-corrected chi connectivity index (χ1v) is 3.17. The fourth-order valence-corrected chi connectivity index (χ4v) is 1.03. The average molecular weight is 190 g/mol. The van der Waals surface area contributed by atoms with Crippen LogP contribution in [0.3, 0.4) is 0 Å². The molecule has 1 heterocycles. The van der Waals surface area contributed by atoms with Crippen molar-refractivity contribution in [2.45, 2.75) is 6.42 Å². The smallest absolute Gasteiger partial charge is 0.251 e. The highest BCUT2D eigenvalue weighted by molar-refractivity contribution is 9.11. The Bertz CT molecular complexity index is 197. The molecule has 1 aliphatic rings. The van der Waals surface area contributed by atoms with Gasteiger partial charge in [0.05, 0.1) is 6.42 Å². The Balaban J connectivity index is 2.79. The summed E-state index contributed by atoms with van der Waals surface area (Å²) in [5.74, 6) is -0.604. The largest absolute Gasteiger partial charge is 0.293 e. The van der Waals surface area contributed by atoms with Crippen molar-refractivity contribution >= 4 is 27.7 Å². The molecule has 0 bridgehead atoms. The predicted octanol–water partition coefficient (Wildman–Crippen LogP) is 0.312. The van der Waals surface area contributed by atoms with Crippen LogP contribution >= 0.6 is 15.9 Å². The van der Waals surface area contributed by atoms with Gasteiger partial charge in [-0.1, -0.05) is 15.9 Å². The molecule has 0 spiro atoms. The number of nitrogens with one attached hydrogen (secondary N) is 1. The van der Waals surface area contributed by atoms with Gasteiger partial charge in [0.15, 0.2) is 0 Å². The van der Waals surface area contributed by atoms with Crippen LogP contribution in [0.4, 0.5) is 0 Å². The summed E-state index contributed by atoms with van der Waals surface area (Å²) in [6.45, 7) is 0. The summed E-state index contributed by atoms with van der Waals surface area (Å²) in [5, 5.41) is 2.13. The minimum atomic E-state index is -0.349. The molecule has 0 unspecified atom stereocenters. The fourth-order valence-electron chi connectivity index (χ4n) is 0.564. The lowest BCUT2D eigenvalue weighted by atomic mass is 10.3. The van der Waals surface area contributed by atoms with Crippen LogP contribution in [0.5, 0.6) is 0 Å². The molecule has 0 atom stereocenters. The van der Waals surface area contributed by atoms with E-state index >= 15 is 0 Å². The van der Waals surface area contributed by atoms with Gasteiger partial charge in [-0.15, -0.1) is 0 Å². The number of imide groups is 1. The first-order chi connectivity index (χ1) is 4.18. The van der Waals surface area contributed by atoms with Crippen LogP contribution in [0.15, 0.2) is 10.6 Å². The molecule has 0 aromatic heterocycles. The van der Waals surface area contributed by atoms with Crippen LogP contribution in [0.1, 0.15) is 6.42 Å². The molecule has 3 nitrogen and oxygen atoms in total. The summed E-state index contributed by atoms with van der Waals surface area (Å²) in [4.78, 5) is 20.9. The van der Waals surface area contributed by atoms with E-state index in [-0.39, 0.29) is 18.2 Å². The molecule has 4 heteroatoms. The molecule has 1 N–H and O–H groups in total. The number of carbonyl (C=O) groups is 2. The standard InChI is InChI=1S/C5H4BrNO2/c6-3-1-4(8)7-5(9)2-3/h1H,2H2,(H,7,8,9). The maximum absolute atomic E-state index is 10.5. The molecule has 9 heavy (non-hydrogen) atoms. The minimum absolute atomic E-state index is 0.255. The van der Waals surface area contributed by atoms with E-state index in [1.807, 2.05) is 0 Å². The normalized spacial score (nSPS) is 19.0. The maximum Gasteiger partial charge on any atom is 0.251 e.